The zero-order valence-corrected chi connectivity index (χ0v) is 17.8. The minimum atomic E-state index is -0.447. The van der Waals surface area contributed by atoms with Gasteiger partial charge in [0.15, 0.2) is 0 Å². The lowest BCUT2D eigenvalue weighted by atomic mass is 9.87. The highest BCUT2D eigenvalue weighted by Gasteiger charge is 2.28. The van der Waals surface area contributed by atoms with Crippen molar-refractivity contribution in [3.8, 4) is 0 Å². The molecule has 0 spiro atoms. The topological polar surface area (TPSA) is 90.1 Å². The molecule has 0 saturated heterocycles. The van der Waals surface area contributed by atoms with Crippen LogP contribution in [0.2, 0.25) is 0 Å². The number of hydrogen-bond acceptors (Lipinski definition) is 4. The summed E-state index contributed by atoms with van der Waals surface area (Å²) in [6.07, 6.45) is 4.42. The Labute approximate surface area is 185 Å². The first-order valence-corrected chi connectivity index (χ1v) is 10.5. The van der Waals surface area contributed by atoms with Gasteiger partial charge in [0.2, 0.25) is 5.91 Å². The van der Waals surface area contributed by atoms with Crippen molar-refractivity contribution in [2.24, 2.45) is 7.05 Å². The van der Waals surface area contributed by atoms with Crippen molar-refractivity contribution in [2.75, 3.05) is 6.54 Å². The maximum absolute atomic E-state index is 12.9. The molecule has 7 nitrogen and oxygen atoms in total. The molecule has 7 heteroatoms. The van der Waals surface area contributed by atoms with Gasteiger partial charge >= 0.3 is 0 Å². The number of pyridine rings is 1. The van der Waals surface area contributed by atoms with E-state index in [-0.39, 0.29) is 22.9 Å². The molecule has 0 bridgehead atoms. The molecule has 0 saturated carbocycles. The number of fused-ring (bicyclic) bond motifs is 1. The highest BCUT2D eigenvalue weighted by Crippen LogP contribution is 2.38. The van der Waals surface area contributed by atoms with E-state index in [1.54, 1.807) is 24.4 Å². The Morgan fingerprint density at radius 3 is 2.59 bits per heavy atom. The van der Waals surface area contributed by atoms with E-state index < -0.39 is 5.92 Å². The average molecular weight is 428 g/mol. The van der Waals surface area contributed by atoms with E-state index in [0.29, 0.717) is 18.5 Å². The molecule has 32 heavy (non-hydrogen) atoms. The molecular weight excluding hydrogens is 404 g/mol. The summed E-state index contributed by atoms with van der Waals surface area (Å²) in [4.78, 5) is 28.5. The van der Waals surface area contributed by atoms with E-state index in [2.05, 4.69) is 10.3 Å². The zero-order valence-electron chi connectivity index (χ0n) is 17.8. The highest BCUT2D eigenvalue weighted by molar-refractivity contribution is 5.87. The van der Waals surface area contributed by atoms with Crippen molar-refractivity contribution in [2.45, 2.75) is 18.8 Å². The lowest BCUT2D eigenvalue weighted by molar-refractivity contribution is -0.385. The molecule has 2 aromatic carbocycles. The molecule has 0 aliphatic heterocycles. The summed E-state index contributed by atoms with van der Waals surface area (Å²) < 4.78 is 1.99. The van der Waals surface area contributed by atoms with Crippen molar-refractivity contribution < 1.29 is 9.72 Å². The van der Waals surface area contributed by atoms with Crippen LogP contribution in [0, 0.1) is 10.1 Å². The van der Waals surface area contributed by atoms with E-state index >= 15 is 0 Å². The second-order valence-electron chi connectivity index (χ2n) is 7.71. The first kappa shape index (κ1) is 21.2. The Morgan fingerprint density at radius 1 is 1.06 bits per heavy atom. The van der Waals surface area contributed by atoms with Crippen molar-refractivity contribution in [1.82, 2.24) is 14.9 Å². The number of amides is 1. The van der Waals surface area contributed by atoms with E-state index in [1.807, 2.05) is 60.3 Å². The van der Waals surface area contributed by atoms with Crippen LogP contribution >= 0.6 is 0 Å². The average Bonchev–Trinajstić information content (AvgIpc) is 3.14. The summed E-state index contributed by atoms with van der Waals surface area (Å²) in [6, 6.07) is 20.2. The second-order valence-corrected chi connectivity index (χ2v) is 7.71. The van der Waals surface area contributed by atoms with Crippen LogP contribution in [-0.2, 0) is 18.3 Å². The third-order valence-electron chi connectivity index (χ3n) is 5.63. The number of rotatable bonds is 8. The molecule has 162 valence electrons. The first-order valence-electron chi connectivity index (χ1n) is 10.5. The number of nitro benzene ring substituents is 1. The molecule has 0 fully saturated rings. The summed E-state index contributed by atoms with van der Waals surface area (Å²) in [5, 5.41) is 15.7. The van der Waals surface area contributed by atoms with Crippen molar-refractivity contribution in [1.29, 1.82) is 0 Å². The maximum atomic E-state index is 12.9. The van der Waals surface area contributed by atoms with Gasteiger partial charge in [-0.2, -0.15) is 0 Å². The van der Waals surface area contributed by atoms with E-state index in [4.69, 9.17) is 0 Å². The molecule has 4 aromatic rings. The number of benzene rings is 2. The SMILES string of the molecule is Cn1cc([C@H](CC(=O)NCCc2ccccn2)c2ccccc2[N+](=O)[O-])c2ccccc21. The molecule has 2 heterocycles. The zero-order chi connectivity index (χ0) is 22.5. The van der Waals surface area contributed by atoms with Crippen LogP contribution in [0.15, 0.2) is 79.1 Å². The van der Waals surface area contributed by atoms with Gasteiger partial charge in [-0.3, -0.25) is 19.9 Å². The number of nitrogens with zero attached hydrogens (tertiary/aromatic N) is 3. The van der Waals surface area contributed by atoms with Crippen LogP contribution in [0.25, 0.3) is 10.9 Å². The molecule has 4 rings (SSSR count). The normalized spacial score (nSPS) is 11.9. The maximum Gasteiger partial charge on any atom is 0.273 e. The van der Waals surface area contributed by atoms with Gasteiger partial charge in [-0.25, -0.2) is 0 Å². The number of carbonyl (C=O) groups excluding carboxylic acids is 1. The van der Waals surface area contributed by atoms with Crippen LogP contribution in [0.5, 0.6) is 0 Å². The Bertz CT molecular complexity index is 1250. The summed E-state index contributed by atoms with van der Waals surface area (Å²) in [7, 11) is 1.94. The summed E-state index contributed by atoms with van der Waals surface area (Å²) in [6.45, 7) is 0.453. The number of nitrogens with one attached hydrogen (secondary N) is 1. The molecular formula is C25H24N4O3. The lowest BCUT2D eigenvalue weighted by Crippen LogP contribution is -2.27. The number of carbonyl (C=O) groups is 1. The number of aromatic nitrogens is 2. The van der Waals surface area contributed by atoms with Crippen LogP contribution in [0.1, 0.15) is 29.2 Å². The van der Waals surface area contributed by atoms with Crippen LogP contribution in [-0.4, -0.2) is 26.9 Å². The van der Waals surface area contributed by atoms with Gasteiger partial charge in [-0.15, -0.1) is 0 Å². The Kier molecular flexibility index (Phi) is 6.26. The van der Waals surface area contributed by atoms with Gasteiger partial charge in [-0.05, 0) is 23.8 Å². The summed E-state index contributed by atoms with van der Waals surface area (Å²) >= 11 is 0. The standard InChI is InChI=1S/C25H24N4O3/c1-28-17-22(20-10-2-4-11-23(20)28)21(19-9-3-5-12-24(19)29(31)32)16-25(30)27-15-13-18-8-6-7-14-26-18/h2-12,14,17,21H,13,15-16H2,1H3,(H,27,30)/t21-/m1/s1. The molecule has 0 unspecified atom stereocenters. The fraction of sp³-hybridized carbons (Fsp3) is 0.200. The predicted octanol–water partition coefficient (Wildman–Crippen LogP) is 4.36. The Morgan fingerprint density at radius 2 is 1.81 bits per heavy atom. The molecule has 1 amide bonds. The fourth-order valence-corrected chi connectivity index (χ4v) is 4.12. The first-order chi connectivity index (χ1) is 15.5. The minimum absolute atomic E-state index is 0.0201. The molecule has 1 atom stereocenters. The predicted molar refractivity (Wildman–Crippen MR) is 123 cm³/mol. The highest BCUT2D eigenvalue weighted by atomic mass is 16.6. The van der Waals surface area contributed by atoms with Crippen LogP contribution < -0.4 is 5.32 Å². The van der Waals surface area contributed by atoms with Gasteiger partial charge in [-0.1, -0.05) is 42.5 Å². The summed E-state index contributed by atoms with van der Waals surface area (Å²) in [5.41, 5.74) is 3.37. The monoisotopic (exact) mass is 428 g/mol. The number of nitro groups is 1. The van der Waals surface area contributed by atoms with Gasteiger partial charge in [0.1, 0.15) is 0 Å². The van der Waals surface area contributed by atoms with Gasteiger partial charge in [0.05, 0.1) is 4.92 Å². The Balaban J connectivity index is 1.64. The number of para-hydroxylation sites is 2. The third kappa shape index (κ3) is 4.51. The summed E-state index contributed by atoms with van der Waals surface area (Å²) in [5.74, 6) is -0.602. The largest absolute Gasteiger partial charge is 0.356 e. The Hall–Kier alpha value is -4.00. The van der Waals surface area contributed by atoms with E-state index in [1.165, 1.54) is 6.07 Å². The molecule has 1 N–H and O–H groups in total. The fourth-order valence-electron chi connectivity index (χ4n) is 4.12. The van der Waals surface area contributed by atoms with E-state index in [0.717, 1.165) is 22.2 Å². The second kappa shape index (κ2) is 9.43. The third-order valence-corrected chi connectivity index (χ3v) is 5.63. The van der Waals surface area contributed by atoms with Crippen LogP contribution in [0.3, 0.4) is 0 Å². The molecule has 0 radical (unpaired) electrons. The van der Waals surface area contributed by atoms with Gasteiger partial charge < -0.3 is 9.88 Å². The van der Waals surface area contributed by atoms with Gasteiger partial charge in [0, 0.05) is 73.0 Å². The quantitative estimate of drug-likeness (QED) is 0.333. The van der Waals surface area contributed by atoms with Gasteiger partial charge in [0.25, 0.3) is 5.69 Å². The number of aryl methyl sites for hydroxylation is 1. The molecule has 2 aromatic heterocycles. The van der Waals surface area contributed by atoms with Crippen molar-refractivity contribution in [3.05, 3.63) is 106 Å². The smallest absolute Gasteiger partial charge is 0.273 e. The molecule has 0 aliphatic carbocycles. The minimum Gasteiger partial charge on any atom is -0.356 e. The van der Waals surface area contributed by atoms with Crippen LogP contribution in [0.4, 0.5) is 5.69 Å². The van der Waals surface area contributed by atoms with Crippen molar-refractivity contribution in [3.63, 3.8) is 0 Å². The van der Waals surface area contributed by atoms with E-state index in [9.17, 15) is 14.9 Å². The lowest BCUT2D eigenvalue weighted by Gasteiger charge is -2.17. The molecule has 0 aliphatic rings. The number of hydrogen-bond donors (Lipinski definition) is 1. The van der Waals surface area contributed by atoms with Crippen molar-refractivity contribution >= 4 is 22.5 Å².